The van der Waals surface area contributed by atoms with Gasteiger partial charge >= 0.3 is 0 Å². The van der Waals surface area contributed by atoms with Gasteiger partial charge in [-0.1, -0.05) is 22.9 Å². The van der Waals surface area contributed by atoms with Crippen molar-refractivity contribution in [1.82, 2.24) is 0 Å². The number of fused-ring (bicyclic) bond motifs is 1. The molecule has 1 aromatic rings. The average molecular weight is 367 g/mol. The molecule has 0 spiro atoms. The van der Waals surface area contributed by atoms with Crippen molar-refractivity contribution in [3.63, 3.8) is 0 Å². The highest BCUT2D eigenvalue weighted by Crippen LogP contribution is 2.39. The minimum Gasteiger partial charge on any atom is -0.365 e. The molecule has 0 bridgehead atoms. The van der Waals surface area contributed by atoms with Crippen molar-refractivity contribution in [3.8, 4) is 0 Å². The maximum absolute atomic E-state index is 11.6. The molecule has 106 valence electrons. The van der Waals surface area contributed by atoms with E-state index in [1.54, 1.807) is 0 Å². The SMILES string of the molecule is CC1CCc2c(sc(NS(=O)(=O)CBr)c2C(N)=O)C1. The Morgan fingerprint density at radius 2 is 2.26 bits per heavy atom. The lowest BCUT2D eigenvalue weighted by molar-refractivity contribution is 0.100. The molecule has 19 heavy (non-hydrogen) atoms. The van der Waals surface area contributed by atoms with E-state index in [2.05, 4.69) is 27.6 Å². The number of carbonyl (C=O) groups is 1. The fourth-order valence-electron chi connectivity index (χ4n) is 2.25. The first-order valence-corrected chi connectivity index (χ1v) is 9.44. The summed E-state index contributed by atoms with van der Waals surface area (Å²) >= 11 is 4.23. The third-order valence-corrected chi connectivity index (χ3v) is 7.06. The summed E-state index contributed by atoms with van der Waals surface area (Å²) < 4.78 is 25.5. The quantitative estimate of drug-likeness (QED) is 0.799. The van der Waals surface area contributed by atoms with Gasteiger partial charge < -0.3 is 5.73 Å². The van der Waals surface area contributed by atoms with Gasteiger partial charge in [0.2, 0.25) is 10.0 Å². The molecule has 1 amide bonds. The van der Waals surface area contributed by atoms with Crippen LogP contribution in [0, 0.1) is 5.92 Å². The summed E-state index contributed by atoms with van der Waals surface area (Å²) in [5.41, 5.74) is 6.66. The Labute approximate surface area is 124 Å². The Balaban J connectivity index is 2.47. The van der Waals surface area contributed by atoms with Crippen molar-refractivity contribution in [3.05, 3.63) is 16.0 Å². The number of nitrogens with one attached hydrogen (secondary N) is 1. The number of rotatable bonds is 4. The molecule has 5 nitrogen and oxygen atoms in total. The highest BCUT2D eigenvalue weighted by Gasteiger charge is 2.27. The molecule has 8 heteroatoms. The Morgan fingerprint density at radius 1 is 1.58 bits per heavy atom. The standard InChI is InChI=1S/C11H15BrN2O3S2/c1-6-2-3-7-8(4-6)18-11(9(7)10(13)15)14-19(16,17)5-12/h6,14H,2-5H2,1H3,(H2,13,15). The van der Waals surface area contributed by atoms with E-state index in [0.29, 0.717) is 16.5 Å². The molecule has 0 aliphatic heterocycles. The van der Waals surface area contributed by atoms with E-state index in [0.717, 1.165) is 29.7 Å². The smallest absolute Gasteiger partial charge is 0.252 e. The van der Waals surface area contributed by atoms with Crippen molar-refractivity contribution in [2.75, 3.05) is 9.38 Å². The van der Waals surface area contributed by atoms with E-state index >= 15 is 0 Å². The maximum atomic E-state index is 11.6. The number of halogens is 1. The Hall–Kier alpha value is -0.600. The van der Waals surface area contributed by atoms with Crippen LogP contribution in [0.2, 0.25) is 0 Å². The number of alkyl halides is 1. The normalized spacial score (nSPS) is 18.9. The van der Waals surface area contributed by atoms with Crippen LogP contribution in [0.25, 0.3) is 0 Å². The number of sulfonamides is 1. The zero-order valence-electron chi connectivity index (χ0n) is 10.4. The van der Waals surface area contributed by atoms with Gasteiger partial charge in [0.25, 0.3) is 5.91 Å². The number of amides is 1. The molecule has 0 aromatic carbocycles. The number of primary amides is 1. The zero-order chi connectivity index (χ0) is 14.2. The lowest BCUT2D eigenvalue weighted by Crippen LogP contribution is -2.19. The topological polar surface area (TPSA) is 89.3 Å². The second-order valence-electron chi connectivity index (χ2n) is 4.75. The lowest BCUT2D eigenvalue weighted by Gasteiger charge is -2.18. The first-order valence-electron chi connectivity index (χ1n) is 5.85. The molecule has 0 radical (unpaired) electrons. The molecule has 2 rings (SSSR count). The predicted octanol–water partition coefficient (Wildman–Crippen LogP) is 2.07. The van der Waals surface area contributed by atoms with E-state index in [4.69, 9.17) is 5.73 Å². The molecular formula is C11H15BrN2O3S2. The van der Waals surface area contributed by atoms with Gasteiger partial charge in [0.1, 0.15) is 9.66 Å². The minimum absolute atomic E-state index is 0.211. The fraction of sp³-hybridized carbons (Fsp3) is 0.545. The van der Waals surface area contributed by atoms with Crippen molar-refractivity contribution in [1.29, 1.82) is 0 Å². The largest absolute Gasteiger partial charge is 0.365 e. The summed E-state index contributed by atoms with van der Waals surface area (Å²) in [5.74, 6) is -0.0214. The van der Waals surface area contributed by atoms with E-state index < -0.39 is 15.9 Å². The second-order valence-corrected chi connectivity index (χ2v) is 8.88. The monoisotopic (exact) mass is 366 g/mol. The van der Waals surface area contributed by atoms with Crippen LogP contribution >= 0.6 is 27.3 Å². The molecule has 1 aliphatic carbocycles. The Kier molecular flexibility index (Phi) is 4.22. The van der Waals surface area contributed by atoms with Crippen molar-refractivity contribution in [2.45, 2.75) is 26.2 Å². The van der Waals surface area contributed by atoms with Crippen LogP contribution in [0.5, 0.6) is 0 Å². The van der Waals surface area contributed by atoms with Crippen LogP contribution in [0.4, 0.5) is 5.00 Å². The second kappa shape index (κ2) is 5.41. The molecule has 0 saturated heterocycles. The van der Waals surface area contributed by atoms with Crippen LogP contribution in [-0.2, 0) is 22.9 Å². The Morgan fingerprint density at radius 3 is 2.84 bits per heavy atom. The van der Waals surface area contributed by atoms with E-state index in [9.17, 15) is 13.2 Å². The number of anilines is 1. The van der Waals surface area contributed by atoms with Crippen LogP contribution in [0.15, 0.2) is 0 Å². The van der Waals surface area contributed by atoms with E-state index in [1.807, 2.05) is 0 Å². The molecule has 3 N–H and O–H groups in total. The van der Waals surface area contributed by atoms with Gasteiger partial charge in [-0.2, -0.15) is 0 Å². The minimum atomic E-state index is -3.47. The lowest BCUT2D eigenvalue weighted by atomic mass is 9.88. The van der Waals surface area contributed by atoms with Gasteiger partial charge in [-0.25, -0.2) is 8.42 Å². The molecule has 1 unspecified atom stereocenters. The van der Waals surface area contributed by atoms with Gasteiger partial charge in [-0.15, -0.1) is 11.3 Å². The van der Waals surface area contributed by atoms with Gasteiger partial charge in [-0.3, -0.25) is 9.52 Å². The van der Waals surface area contributed by atoms with Gasteiger partial charge in [-0.05, 0) is 30.7 Å². The molecule has 1 aromatic heterocycles. The Bertz CT molecular complexity index is 610. The predicted molar refractivity (Wildman–Crippen MR) is 80.4 cm³/mol. The maximum Gasteiger partial charge on any atom is 0.252 e. The van der Waals surface area contributed by atoms with Crippen LogP contribution in [0.1, 0.15) is 34.1 Å². The van der Waals surface area contributed by atoms with E-state index in [1.165, 1.54) is 11.3 Å². The summed E-state index contributed by atoms with van der Waals surface area (Å²) in [5, 5.41) is 0.353. The number of hydrogen-bond acceptors (Lipinski definition) is 4. The highest BCUT2D eigenvalue weighted by molar-refractivity contribution is 9.10. The number of carbonyl (C=O) groups excluding carboxylic acids is 1. The van der Waals surface area contributed by atoms with Crippen LogP contribution in [0.3, 0.4) is 0 Å². The van der Waals surface area contributed by atoms with Gasteiger partial charge in [0.15, 0.2) is 0 Å². The van der Waals surface area contributed by atoms with Crippen LogP contribution in [-0.4, -0.2) is 19.0 Å². The molecule has 0 fully saturated rings. The van der Waals surface area contributed by atoms with Crippen LogP contribution < -0.4 is 10.5 Å². The zero-order valence-corrected chi connectivity index (χ0v) is 13.6. The number of thiophene rings is 1. The average Bonchev–Trinajstić information content (AvgIpc) is 2.65. The van der Waals surface area contributed by atoms with Crippen molar-refractivity contribution < 1.29 is 13.2 Å². The molecular weight excluding hydrogens is 352 g/mol. The summed E-state index contributed by atoms with van der Waals surface area (Å²) in [6, 6.07) is 0. The number of hydrogen-bond donors (Lipinski definition) is 2. The summed E-state index contributed by atoms with van der Waals surface area (Å²) in [6.45, 7) is 2.15. The molecule has 1 heterocycles. The number of nitrogens with two attached hydrogens (primary N) is 1. The molecule has 0 saturated carbocycles. The van der Waals surface area contributed by atoms with E-state index in [-0.39, 0.29) is 4.66 Å². The summed E-state index contributed by atoms with van der Waals surface area (Å²) in [7, 11) is -3.47. The van der Waals surface area contributed by atoms with Crippen molar-refractivity contribution >= 4 is 48.2 Å². The first kappa shape index (κ1) is 14.8. The third-order valence-electron chi connectivity index (χ3n) is 3.15. The fourth-order valence-corrected chi connectivity index (χ4v) is 4.85. The molecule has 1 aliphatic rings. The highest BCUT2D eigenvalue weighted by atomic mass is 79.9. The molecule has 1 atom stereocenters. The van der Waals surface area contributed by atoms with Crippen molar-refractivity contribution in [2.24, 2.45) is 11.7 Å². The summed E-state index contributed by atoms with van der Waals surface area (Å²) in [6.07, 6.45) is 2.65. The van der Waals surface area contributed by atoms with Gasteiger partial charge in [0, 0.05) is 4.88 Å². The summed E-state index contributed by atoms with van der Waals surface area (Å²) in [4.78, 5) is 12.7. The first-order chi connectivity index (χ1) is 8.84. The third kappa shape index (κ3) is 3.11. The van der Waals surface area contributed by atoms with Gasteiger partial charge in [0.05, 0.1) is 5.56 Å².